The van der Waals surface area contributed by atoms with Gasteiger partial charge in [-0.2, -0.15) is 8.42 Å². The van der Waals surface area contributed by atoms with Crippen LogP contribution >= 0.6 is 0 Å². The second-order valence-electron chi connectivity index (χ2n) is 3.48. The summed E-state index contributed by atoms with van der Waals surface area (Å²) in [6, 6.07) is 1.49. The van der Waals surface area contributed by atoms with Gasteiger partial charge in [-0.3, -0.25) is 9.89 Å². The molecular formula is C10H10N2O3S. The van der Waals surface area contributed by atoms with Crippen LogP contribution in [0.3, 0.4) is 0 Å². The van der Waals surface area contributed by atoms with E-state index in [9.17, 15) is 13.2 Å². The normalized spacial score (nSPS) is 15.1. The number of allylic oxidation sites excluding steroid dienone is 4. The molecule has 0 fully saturated rings. The Balaban J connectivity index is 2.42. The third kappa shape index (κ3) is 1.92. The molecule has 5 nitrogen and oxygen atoms in total. The first kappa shape index (κ1) is 10.7. The van der Waals surface area contributed by atoms with E-state index in [-0.39, 0.29) is 5.56 Å². The smallest absolute Gasteiger partial charge is 0.271 e. The first-order chi connectivity index (χ1) is 7.58. The topological polar surface area (TPSA) is 71.9 Å². The SMILES string of the molecule is Cc1cc(=O)n(C2=CCC(=S(=O)=O)C=C2)[nH]1. The summed E-state index contributed by atoms with van der Waals surface area (Å²) < 4.78 is 22.7. The lowest BCUT2D eigenvalue weighted by molar-refractivity contribution is 0.627. The lowest BCUT2D eigenvalue weighted by atomic mass is 10.1. The van der Waals surface area contributed by atoms with Crippen molar-refractivity contribution >= 4 is 20.9 Å². The summed E-state index contributed by atoms with van der Waals surface area (Å²) in [5.41, 5.74) is 1.27. The summed E-state index contributed by atoms with van der Waals surface area (Å²) in [5.74, 6) is 0. The highest BCUT2D eigenvalue weighted by molar-refractivity contribution is 7.73. The van der Waals surface area contributed by atoms with Gasteiger partial charge < -0.3 is 0 Å². The molecule has 0 saturated heterocycles. The Bertz CT molecular complexity index is 663. The van der Waals surface area contributed by atoms with Crippen molar-refractivity contribution in [3.05, 3.63) is 40.3 Å². The van der Waals surface area contributed by atoms with Gasteiger partial charge in [-0.1, -0.05) is 6.08 Å². The molecule has 1 aromatic rings. The summed E-state index contributed by atoms with van der Waals surface area (Å²) in [5, 5.41) is 2.88. The molecule has 0 atom stereocenters. The van der Waals surface area contributed by atoms with E-state index in [1.54, 1.807) is 19.1 Å². The molecule has 1 aliphatic rings. The maximum Gasteiger partial charge on any atom is 0.271 e. The van der Waals surface area contributed by atoms with E-state index in [2.05, 4.69) is 5.10 Å². The summed E-state index contributed by atoms with van der Waals surface area (Å²) in [4.78, 5) is 11.8. The Hall–Kier alpha value is -1.82. The standard InChI is InChI=1S/C10H10N2O3S/c1-7-6-10(13)12(11-7)8-2-4-9(5-3-8)16(14)15/h2-4,6,11H,5H2,1H3. The fourth-order valence-corrected chi connectivity index (χ4v) is 1.91. The van der Waals surface area contributed by atoms with Crippen LogP contribution in [-0.2, 0) is 10.3 Å². The molecule has 0 unspecified atom stereocenters. The molecule has 0 radical (unpaired) electrons. The molecular weight excluding hydrogens is 228 g/mol. The van der Waals surface area contributed by atoms with Gasteiger partial charge in [-0.05, 0) is 19.1 Å². The van der Waals surface area contributed by atoms with E-state index in [1.807, 2.05) is 0 Å². The number of aromatic amines is 1. The largest absolute Gasteiger partial charge is 0.295 e. The molecule has 0 aromatic carbocycles. The zero-order valence-electron chi connectivity index (χ0n) is 8.60. The quantitative estimate of drug-likeness (QED) is 0.717. The van der Waals surface area contributed by atoms with E-state index >= 15 is 0 Å². The molecule has 1 heterocycles. The monoisotopic (exact) mass is 238 g/mol. The van der Waals surface area contributed by atoms with E-state index in [0.29, 0.717) is 17.0 Å². The third-order valence-electron chi connectivity index (χ3n) is 2.27. The number of rotatable bonds is 1. The van der Waals surface area contributed by atoms with E-state index in [4.69, 9.17) is 0 Å². The van der Waals surface area contributed by atoms with Gasteiger partial charge in [0.15, 0.2) is 0 Å². The van der Waals surface area contributed by atoms with Gasteiger partial charge in [-0.15, -0.1) is 0 Å². The van der Waals surface area contributed by atoms with Gasteiger partial charge in [0.2, 0.25) is 10.3 Å². The van der Waals surface area contributed by atoms with Crippen LogP contribution in [0.25, 0.3) is 5.70 Å². The van der Waals surface area contributed by atoms with Crippen molar-refractivity contribution in [1.29, 1.82) is 0 Å². The highest BCUT2D eigenvalue weighted by Gasteiger charge is 2.08. The van der Waals surface area contributed by atoms with Gasteiger partial charge >= 0.3 is 0 Å². The Morgan fingerprint density at radius 1 is 1.38 bits per heavy atom. The van der Waals surface area contributed by atoms with Crippen molar-refractivity contribution in [2.75, 3.05) is 0 Å². The highest BCUT2D eigenvalue weighted by Crippen LogP contribution is 2.10. The van der Waals surface area contributed by atoms with Crippen LogP contribution in [0.5, 0.6) is 0 Å². The molecule has 1 aliphatic carbocycles. The van der Waals surface area contributed by atoms with Gasteiger partial charge in [-0.25, -0.2) is 4.68 Å². The minimum Gasteiger partial charge on any atom is -0.295 e. The van der Waals surface area contributed by atoms with Crippen LogP contribution in [-0.4, -0.2) is 23.1 Å². The summed E-state index contributed by atoms with van der Waals surface area (Å²) >= 11 is 0. The predicted octanol–water partition coefficient (Wildman–Crippen LogP) is 0.337. The first-order valence-corrected chi connectivity index (χ1v) is 5.78. The maximum absolute atomic E-state index is 11.5. The zero-order chi connectivity index (χ0) is 11.7. The van der Waals surface area contributed by atoms with Crippen LogP contribution in [0.2, 0.25) is 0 Å². The van der Waals surface area contributed by atoms with E-state index in [1.165, 1.54) is 16.8 Å². The Kier molecular flexibility index (Phi) is 2.66. The molecule has 2 rings (SSSR count). The lowest BCUT2D eigenvalue weighted by Crippen LogP contribution is -2.16. The molecule has 0 bridgehead atoms. The molecule has 16 heavy (non-hydrogen) atoms. The molecule has 1 aromatic heterocycles. The highest BCUT2D eigenvalue weighted by atomic mass is 32.2. The van der Waals surface area contributed by atoms with Gasteiger partial charge in [0.1, 0.15) is 0 Å². The molecule has 0 spiro atoms. The van der Waals surface area contributed by atoms with Crippen molar-refractivity contribution in [3.63, 3.8) is 0 Å². The van der Waals surface area contributed by atoms with Crippen LogP contribution in [0.4, 0.5) is 0 Å². The van der Waals surface area contributed by atoms with E-state index < -0.39 is 10.3 Å². The van der Waals surface area contributed by atoms with Crippen LogP contribution in [0.1, 0.15) is 12.1 Å². The zero-order valence-corrected chi connectivity index (χ0v) is 9.41. The minimum absolute atomic E-state index is 0.153. The van der Waals surface area contributed by atoms with Crippen molar-refractivity contribution < 1.29 is 8.42 Å². The second-order valence-corrected chi connectivity index (χ2v) is 4.47. The fraction of sp³-hybridized carbons (Fsp3) is 0.200. The van der Waals surface area contributed by atoms with Crippen molar-refractivity contribution in [3.8, 4) is 0 Å². The van der Waals surface area contributed by atoms with Gasteiger partial charge in [0.05, 0.1) is 10.6 Å². The van der Waals surface area contributed by atoms with Crippen molar-refractivity contribution in [2.24, 2.45) is 0 Å². The number of aryl methyl sites for hydroxylation is 1. The molecule has 1 N–H and O–H groups in total. The van der Waals surface area contributed by atoms with Crippen LogP contribution in [0, 0.1) is 6.92 Å². The number of nitrogens with one attached hydrogen (secondary N) is 1. The number of nitrogens with zero attached hydrogens (tertiary/aromatic N) is 1. The van der Waals surface area contributed by atoms with E-state index in [0.717, 1.165) is 5.69 Å². The number of aromatic nitrogens is 2. The fourth-order valence-electron chi connectivity index (χ4n) is 1.51. The third-order valence-corrected chi connectivity index (χ3v) is 3.00. The Morgan fingerprint density at radius 2 is 2.12 bits per heavy atom. The summed E-state index contributed by atoms with van der Waals surface area (Å²) in [7, 11) is -2.19. The van der Waals surface area contributed by atoms with Crippen LogP contribution in [0.15, 0.2) is 29.1 Å². The summed E-state index contributed by atoms with van der Waals surface area (Å²) in [6.07, 6.45) is 5.11. The molecule has 6 heteroatoms. The molecule has 0 aliphatic heterocycles. The Morgan fingerprint density at radius 3 is 2.56 bits per heavy atom. The molecule has 0 amide bonds. The summed E-state index contributed by atoms with van der Waals surface area (Å²) in [6.45, 7) is 1.79. The van der Waals surface area contributed by atoms with Crippen molar-refractivity contribution in [2.45, 2.75) is 13.3 Å². The molecule has 84 valence electrons. The maximum atomic E-state index is 11.5. The van der Waals surface area contributed by atoms with Crippen molar-refractivity contribution in [1.82, 2.24) is 9.78 Å². The lowest BCUT2D eigenvalue weighted by Gasteiger charge is -2.06. The molecule has 0 saturated carbocycles. The van der Waals surface area contributed by atoms with Crippen LogP contribution < -0.4 is 5.56 Å². The number of hydrogen-bond acceptors (Lipinski definition) is 3. The average Bonchev–Trinajstić information content (AvgIpc) is 2.58. The van der Waals surface area contributed by atoms with Gasteiger partial charge in [0.25, 0.3) is 5.56 Å². The predicted molar refractivity (Wildman–Crippen MR) is 61.7 cm³/mol. The average molecular weight is 238 g/mol. The Labute approximate surface area is 93.2 Å². The van der Waals surface area contributed by atoms with Gasteiger partial charge in [0, 0.05) is 18.2 Å². The minimum atomic E-state index is -2.19. The number of hydrogen-bond donors (Lipinski definition) is 1. The number of H-pyrrole nitrogens is 1. The second kappa shape index (κ2) is 3.97. The first-order valence-electron chi connectivity index (χ1n) is 4.70.